The van der Waals surface area contributed by atoms with E-state index in [9.17, 15) is 43.2 Å². The Morgan fingerprint density at radius 3 is 0.717 bits per heavy atom. The summed E-state index contributed by atoms with van der Waals surface area (Å²) in [6, 6.07) is 0. The second-order valence-electron chi connectivity index (χ2n) is 30.5. The van der Waals surface area contributed by atoms with Gasteiger partial charge in [0, 0.05) is 25.7 Å². The van der Waals surface area contributed by atoms with Crippen LogP contribution < -0.4 is 0 Å². The Bertz CT molecular complexity index is 1940. The number of carbonyl (C=O) groups excluding carboxylic acids is 4. The molecule has 0 aromatic heterocycles. The van der Waals surface area contributed by atoms with Crippen molar-refractivity contribution in [2.75, 3.05) is 39.6 Å². The standard InChI is InChI=1S/C80H156O17P2/c1-9-73(8)59-51-43-35-27-20-16-13-14-18-22-30-38-47-55-63-79(84)96-75(66-90-77(82)60-52-44-36-28-24-23-26-33-41-49-57-71(4)5)68-94-98(86,87)92-64-74(81)65-93-99(88,89)95-69-76(67-91-78(83)61-53-45-39-31-34-42-50-58-72(6)7)97-80(85)62-54-46-37-29-21-17-12-10-11-15-19-25-32-40-48-56-70(2)3/h70-76,81H,9-69H2,1-8H3,(H,86,87)(H,88,89)/t73?,74?,75-,76-/m1/s1. The Morgan fingerprint density at radius 1 is 0.283 bits per heavy atom. The molecule has 17 nitrogen and oxygen atoms in total. The molecule has 3 N–H and O–H groups in total. The van der Waals surface area contributed by atoms with Gasteiger partial charge in [0.05, 0.1) is 26.4 Å². The van der Waals surface area contributed by atoms with Gasteiger partial charge in [0.25, 0.3) is 0 Å². The van der Waals surface area contributed by atoms with Crippen LogP contribution in [0.5, 0.6) is 0 Å². The topological polar surface area (TPSA) is 237 Å². The first-order chi connectivity index (χ1) is 47.6. The van der Waals surface area contributed by atoms with Gasteiger partial charge in [-0.05, 0) is 49.4 Å². The molecule has 588 valence electrons. The van der Waals surface area contributed by atoms with Gasteiger partial charge in [0.2, 0.25) is 0 Å². The van der Waals surface area contributed by atoms with Crippen molar-refractivity contribution in [3.8, 4) is 0 Å². The van der Waals surface area contributed by atoms with Gasteiger partial charge in [-0.25, -0.2) is 9.13 Å². The number of hydrogen-bond donors (Lipinski definition) is 3. The summed E-state index contributed by atoms with van der Waals surface area (Å²) in [7, 11) is -9.92. The normalized spacial score (nSPS) is 14.3. The molecule has 19 heteroatoms. The third-order valence-electron chi connectivity index (χ3n) is 18.9. The van der Waals surface area contributed by atoms with Crippen LogP contribution in [0.1, 0.15) is 409 Å². The predicted octanol–water partition coefficient (Wildman–Crippen LogP) is 23.6. The van der Waals surface area contributed by atoms with E-state index in [2.05, 4.69) is 55.4 Å². The van der Waals surface area contributed by atoms with E-state index in [0.717, 1.165) is 114 Å². The molecule has 0 aliphatic rings. The summed E-state index contributed by atoms with van der Waals surface area (Å²) in [5.41, 5.74) is 0. The highest BCUT2D eigenvalue weighted by atomic mass is 31.2. The van der Waals surface area contributed by atoms with Crippen molar-refractivity contribution in [3.63, 3.8) is 0 Å². The second kappa shape index (κ2) is 69.1. The minimum atomic E-state index is -4.96. The molecule has 0 aromatic carbocycles. The van der Waals surface area contributed by atoms with E-state index < -0.39 is 97.5 Å². The van der Waals surface area contributed by atoms with Gasteiger partial charge < -0.3 is 33.8 Å². The number of ether oxygens (including phenoxy) is 4. The van der Waals surface area contributed by atoms with Crippen molar-refractivity contribution >= 4 is 39.5 Å². The van der Waals surface area contributed by atoms with E-state index >= 15 is 0 Å². The fourth-order valence-corrected chi connectivity index (χ4v) is 13.8. The van der Waals surface area contributed by atoms with E-state index in [1.807, 2.05) is 0 Å². The van der Waals surface area contributed by atoms with Gasteiger partial charge in [-0.3, -0.25) is 37.3 Å². The molecule has 0 fully saturated rings. The maximum atomic E-state index is 13.1. The first kappa shape index (κ1) is 97.1. The van der Waals surface area contributed by atoms with E-state index in [1.54, 1.807) is 0 Å². The molecule has 0 aliphatic carbocycles. The maximum Gasteiger partial charge on any atom is 0.472 e. The molecule has 0 saturated carbocycles. The lowest BCUT2D eigenvalue weighted by molar-refractivity contribution is -0.161. The van der Waals surface area contributed by atoms with Gasteiger partial charge >= 0.3 is 39.5 Å². The molecule has 0 heterocycles. The Hall–Kier alpha value is -1.94. The number of aliphatic hydroxyl groups is 1. The van der Waals surface area contributed by atoms with Crippen molar-refractivity contribution in [1.82, 2.24) is 0 Å². The largest absolute Gasteiger partial charge is 0.472 e. The maximum absolute atomic E-state index is 13.1. The molecule has 6 atom stereocenters. The van der Waals surface area contributed by atoms with Crippen LogP contribution >= 0.6 is 15.6 Å². The van der Waals surface area contributed by atoms with Gasteiger partial charge in [-0.1, -0.05) is 357 Å². The summed E-state index contributed by atoms with van der Waals surface area (Å²) in [5.74, 6) is 0.996. The summed E-state index contributed by atoms with van der Waals surface area (Å²) >= 11 is 0. The second-order valence-corrected chi connectivity index (χ2v) is 33.4. The third kappa shape index (κ3) is 72.8. The van der Waals surface area contributed by atoms with Crippen molar-refractivity contribution in [2.45, 2.75) is 427 Å². The van der Waals surface area contributed by atoms with Crippen molar-refractivity contribution < 1.29 is 80.2 Å². The van der Waals surface area contributed by atoms with Crippen molar-refractivity contribution in [2.24, 2.45) is 23.7 Å². The van der Waals surface area contributed by atoms with Crippen LogP contribution in [0.25, 0.3) is 0 Å². The third-order valence-corrected chi connectivity index (χ3v) is 20.8. The number of aliphatic hydroxyl groups excluding tert-OH is 1. The fourth-order valence-electron chi connectivity index (χ4n) is 12.2. The lowest BCUT2D eigenvalue weighted by Crippen LogP contribution is -2.30. The van der Waals surface area contributed by atoms with Crippen LogP contribution in [-0.4, -0.2) is 96.7 Å². The molecule has 0 aliphatic heterocycles. The van der Waals surface area contributed by atoms with Gasteiger partial charge in [0.15, 0.2) is 12.2 Å². The fraction of sp³-hybridized carbons (Fsp3) is 0.950. The van der Waals surface area contributed by atoms with E-state index in [4.69, 9.17) is 37.0 Å². The molecule has 0 amide bonds. The smallest absolute Gasteiger partial charge is 0.462 e. The van der Waals surface area contributed by atoms with Crippen LogP contribution in [0.4, 0.5) is 0 Å². The highest BCUT2D eigenvalue weighted by Gasteiger charge is 2.30. The lowest BCUT2D eigenvalue weighted by atomic mass is 9.99. The monoisotopic (exact) mass is 1450 g/mol. The molecular weight excluding hydrogens is 1290 g/mol. The van der Waals surface area contributed by atoms with E-state index in [0.29, 0.717) is 31.6 Å². The molecule has 0 spiro atoms. The van der Waals surface area contributed by atoms with Crippen molar-refractivity contribution in [3.05, 3.63) is 0 Å². The molecular formula is C80H156O17P2. The highest BCUT2D eigenvalue weighted by molar-refractivity contribution is 7.47. The molecule has 0 rings (SSSR count). The quantitative estimate of drug-likeness (QED) is 0.0222. The van der Waals surface area contributed by atoms with E-state index in [1.165, 1.54) is 205 Å². The van der Waals surface area contributed by atoms with Crippen LogP contribution in [0, 0.1) is 23.7 Å². The predicted molar refractivity (Wildman–Crippen MR) is 404 cm³/mol. The Labute approximate surface area is 607 Å². The zero-order valence-corrected chi connectivity index (χ0v) is 66.9. The molecule has 0 radical (unpaired) electrons. The summed E-state index contributed by atoms with van der Waals surface area (Å²) in [6.45, 7) is 14.3. The number of hydrogen-bond acceptors (Lipinski definition) is 15. The SMILES string of the molecule is CCC(C)CCCCCCCCCCCCCCCCC(=O)O[C@H](COC(=O)CCCCCCCCCCCCC(C)C)COP(=O)(O)OCC(O)COP(=O)(O)OC[C@@H](COC(=O)CCCCCCCCCC(C)C)OC(=O)CCCCCCCCCCCCCCCCCC(C)C. The molecule has 4 unspecified atom stereocenters. The zero-order valence-electron chi connectivity index (χ0n) is 65.1. The average Bonchev–Trinajstić information content (AvgIpc) is 1.05. The molecule has 0 saturated heterocycles. The summed E-state index contributed by atoms with van der Waals surface area (Å²) < 4.78 is 68.7. The first-order valence-corrected chi connectivity index (χ1v) is 44.2. The number of phosphoric acid groups is 2. The summed E-state index contributed by atoms with van der Waals surface area (Å²) in [6.07, 6.45) is 55.5. The number of phosphoric ester groups is 2. The molecule has 0 bridgehead atoms. The first-order valence-electron chi connectivity index (χ1n) is 41.2. The van der Waals surface area contributed by atoms with Gasteiger partial charge in [0.1, 0.15) is 19.3 Å². The highest BCUT2D eigenvalue weighted by Crippen LogP contribution is 2.45. The van der Waals surface area contributed by atoms with Crippen molar-refractivity contribution in [1.29, 1.82) is 0 Å². The Balaban J connectivity index is 5.23. The number of unbranched alkanes of at least 4 members (excludes halogenated alkanes) is 42. The van der Waals surface area contributed by atoms with Crippen LogP contribution in [0.15, 0.2) is 0 Å². The minimum Gasteiger partial charge on any atom is -0.462 e. The van der Waals surface area contributed by atoms with Gasteiger partial charge in [-0.2, -0.15) is 0 Å². The van der Waals surface area contributed by atoms with Crippen LogP contribution in [0.2, 0.25) is 0 Å². The molecule has 0 aromatic rings. The number of carbonyl (C=O) groups is 4. The zero-order chi connectivity index (χ0) is 73.1. The number of rotatable bonds is 77. The lowest BCUT2D eigenvalue weighted by Gasteiger charge is -2.21. The van der Waals surface area contributed by atoms with Gasteiger partial charge in [-0.15, -0.1) is 0 Å². The van der Waals surface area contributed by atoms with Crippen LogP contribution in [-0.2, 0) is 65.4 Å². The molecule has 99 heavy (non-hydrogen) atoms. The average molecular weight is 1450 g/mol. The minimum absolute atomic E-state index is 0.107. The van der Waals surface area contributed by atoms with Crippen LogP contribution in [0.3, 0.4) is 0 Å². The summed E-state index contributed by atoms with van der Waals surface area (Å²) in [5, 5.41) is 10.6. The Kier molecular flexibility index (Phi) is 67.8. The number of esters is 4. The Morgan fingerprint density at radius 2 is 0.485 bits per heavy atom. The summed E-state index contributed by atoms with van der Waals surface area (Å²) in [4.78, 5) is 73.0. The van der Waals surface area contributed by atoms with E-state index in [-0.39, 0.29) is 25.7 Å².